The van der Waals surface area contributed by atoms with E-state index >= 15 is 0 Å². The molecule has 0 radical (unpaired) electrons. The van der Waals surface area contributed by atoms with Crippen LogP contribution < -0.4 is 5.73 Å². The number of nitrogens with two attached hydrogens (primary N) is 1. The Bertz CT molecular complexity index is 562. The van der Waals surface area contributed by atoms with Crippen molar-refractivity contribution in [3.8, 4) is 0 Å². The molecular weight excluding hydrogens is 244 g/mol. The summed E-state index contributed by atoms with van der Waals surface area (Å²) in [5, 5.41) is 0.985. The highest BCUT2D eigenvalue weighted by Crippen LogP contribution is 2.34. The Kier molecular flexibility index (Phi) is 3.87. The normalized spacial score (nSPS) is 10.8. The molecule has 1 amide bonds. The minimum atomic E-state index is 0.0537. The molecule has 0 saturated heterocycles. The number of nitrogen functional groups attached to an aromatic ring is 1. The van der Waals surface area contributed by atoms with E-state index in [-0.39, 0.29) is 5.91 Å². The first-order chi connectivity index (χ1) is 8.69. The van der Waals surface area contributed by atoms with Crippen LogP contribution in [0.1, 0.15) is 29.9 Å². The highest BCUT2D eigenvalue weighted by Gasteiger charge is 2.20. The molecule has 0 atom stereocenters. The smallest absolute Gasteiger partial charge is 0.266 e. The summed E-state index contributed by atoms with van der Waals surface area (Å²) in [6, 6.07) is 7.89. The van der Waals surface area contributed by atoms with Crippen molar-refractivity contribution in [2.45, 2.75) is 20.3 Å². The van der Waals surface area contributed by atoms with Crippen molar-refractivity contribution in [2.24, 2.45) is 0 Å². The van der Waals surface area contributed by atoms with E-state index in [0.717, 1.165) is 29.6 Å². The highest BCUT2D eigenvalue weighted by atomic mass is 32.1. The lowest BCUT2D eigenvalue weighted by Gasteiger charge is -2.19. The predicted octanol–water partition coefficient (Wildman–Crippen LogP) is 3.36. The maximum atomic E-state index is 12.4. The zero-order chi connectivity index (χ0) is 13.1. The molecule has 2 N–H and O–H groups in total. The summed E-state index contributed by atoms with van der Waals surface area (Å²) in [6.07, 6.45) is 0.963. The van der Waals surface area contributed by atoms with Gasteiger partial charge in [-0.1, -0.05) is 25.1 Å². The standard InChI is InChI=1S/C14H18N2OS/c1-3-9-16(4-2)14(17)13-12(15)10-7-5-6-8-11(10)18-13/h5-8H,3-4,9,15H2,1-2H3. The summed E-state index contributed by atoms with van der Waals surface area (Å²) in [7, 11) is 0. The molecule has 3 nitrogen and oxygen atoms in total. The summed E-state index contributed by atoms with van der Waals surface area (Å²) < 4.78 is 1.07. The van der Waals surface area contributed by atoms with Gasteiger partial charge in [0.2, 0.25) is 0 Å². The summed E-state index contributed by atoms with van der Waals surface area (Å²) in [5.74, 6) is 0.0537. The highest BCUT2D eigenvalue weighted by molar-refractivity contribution is 7.21. The lowest BCUT2D eigenvalue weighted by Crippen LogP contribution is -2.31. The van der Waals surface area contributed by atoms with Gasteiger partial charge < -0.3 is 10.6 Å². The number of carbonyl (C=O) groups is 1. The quantitative estimate of drug-likeness (QED) is 0.918. The summed E-state index contributed by atoms with van der Waals surface area (Å²) in [6.45, 7) is 5.57. The van der Waals surface area contributed by atoms with Gasteiger partial charge in [-0.15, -0.1) is 11.3 Å². The van der Waals surface area contributed by atoms with Gasteiger partial charge in [0.15, 0.2) is 0 Å². The Labute approximate surface area is 111 Å². The van der Waals surface area contributed by atoms with Crippen molar-refractivity contribution in [3.63, 3.8) is 0 Å². The van der Waals surface area contributed by atoms with E-state index in [1.807, 2.05) is 36.1 Å². The van der Waals surface area contributed by atoms with Crippen LogP contribution >= 0.6 is 11.3 Å². The summed E-state index contributed by atoms with van der Waals surface area (Å²) >= 11 is 1.49. The lowest BCUT2D eigenvalue weighted by molar-refractivity contribution is 0.0770. The predicted molar refractivity (Wildman–Crippen MR) is 78.1 cm³/mol. The Morgan fingerprint density at radius 1 is 1.33 bits per heavy atom. The zero-order valence-corrected chi connectivity index (χ0v) is 11.6. The lowest BCUT2D eigenvalue weighted by atomic mass is 10.2. The van der Waals surface area contributed by atoms with Crippen LogP contribution in [-0.2, 0) is 0 Å². The van der Waals surface area contributed by atoms with Crippen molar-refractivity contribution in [3.05, 3.63) is 29.1 Å². The maximum absolute atomic E-state index is 12.4. The van der Waals surface area contributed by atoms with Gasteiger partial charge in [0, 0.05) is 23.2 Å². The molecule has 0 saturated carbocycles. The first-order valence-electron chi connectivity index (χ1n) is 6.25. The molecule has 96 valence electrons. The number of carbonyl (C=O) groups excluding carboxylic acids is 1. The SMILES string of the molecule is CCCN(CC)C(=O)c1sc2ccccc2c1N. The third kappa shape index (κ3) is 2.20. The van der Waals surface area contributed by atoms with Crippen LogP contribution in [0, 0.1) is 0 Å². The second kappa shape index (κ2) is 5.40. The van der Waals surface area contributed by atoms with E-state index < -0.39 is 0 Å². The van der Waals surface area contributed by atoms with E-state index in [0.29, 0.717) is 10.6 Å². The molecule has 0 bridgehead atoms. The summed E-state index contributed by atoms with van der Waals surface area (Å²) in [4.78, 5) is 14.9. The van der Waals surface area contributed by atoms with Gasteiger partial charge in [0.1, 0.15) is 4.88 Å². The number of hydrogen-bond donors (Lipinski definition) is 1. The van der Waals surface area contributed by atoms with Crippen LogP contribution in [0.2, 0.25) is 0 Å². The van der Waals surface area contributed by atoms with Crippen molar-refractivity contribution < 1.29 is 4.79 Å². The fourth-order valence-corrected chi connectivity index (χ4v) is 3.13. The third-order valence-corrected chi connectivity index (χ3v) is 4.17. The van der Waals surface area contributed by atoms with Gasteiger partial charge in [-0.05, 0) is 19.4 Å². The van der Waals surface area contributed by atoms with Gasteiger partial charge in [0.05, 0.1) is 5.69 Å². The molecule has 0 aliphatic rings. The Hall–Kier alpha value is -1.55. The van der Waals surface area contributed by atoms with Crippen LogP contribution in [0.3, 0.4) is 0 Å². The zero-order valence-electron chi connectivity index (χ0n) is 10.8. The molecule has 2 aromatic rings. The van der Waals surface area contributed by atoms with Crippen molar-refractivity contribution >= 4 is 33.0 Å². The molecule has 1 aromatic heterocycles. The van der Waals surface area contributed by atoms with Gasteiger partial charge >= 0.3 is 0 Å². The van der Waals surface area contributed by atoms with Gasteiger partial charge in [0.25, 0.3) is 5.91 Å². The molecular formula is C14H18N2OS. The fraction of sp³-hybridized carbons (Fsp3) is 0.357. The number of hydrogen-bond acceptors (Lipinski definition) is 3. The maximum Gasteiger partial charge on any atom is 0.266 e. The fourth-order valence-electron chi connectivity index (χ4n) is 2.04. The second-order valence-corrected chi connectivity index (χ2v) is 5.28. The number of fused-ring (bicyclic) bond motifs is 1. The number of nitrogens with zero attached hydrogens (tertiary/aromatic N) is 1. The molecule has 1 heterocycles. The second-order valence-electron chi connectivity index (χ2n) is 4.23. The number of benzene rings is 1. The molecule has 2 rings (SSSR count). The van der Waals surface area contributed by atoms with Crippen molar-refractivity contribution in [2.75, 3.05) is 18.8 Å². The minimum Gasteiger partial charge on any atom is -0.397 e. The number of amides is 1. The van der Waals surface area contributed by atoms with E-state index in [1.165, 1.54) is 11.3 Å². The molecule has 18 heavy (non-hydrogen) atoms. The monoisotopic (exact) mass is 262 g/mol. The van der Waals surface area contributed by atoms with Crippen LogP contribution in [0.15, 0.2) is 24.3 Å². The Morgan fingerprint density at radius 2 is 2.06 bits per heavy atom. The molecule has 0 unspecified atom stereocenters. The van der Waals surface area contributed by atoms with Crippen molar-refractivity contribution in [1.82, 2.24) is 4.90 Å². The Morgan fingerprint density at radius 3 is 2.67 bits per heavy atom. The number of rotatable bonds is 4. The average molecular weight is 262 g/mol. The van der Waals surface area contributed by atoms with E-state index in [9.17, 15) is 4.79 Å². The first-order valence-corrected chi connectivity index (χ1v) is 7.07. The first kappa shape index (κ1) is 12.9. The topological polar surface area (TPSA) is 46.3 Å². The molecule has 1 aromatic carbocycles. The van der Waals surface area contributed by atoms with Crippen LogP contribution in [0.25, 0.3) is 10.1 Å². The van der Waals surface area contributed by atoms with Crippen LogP contribution in [0.5, 0.6) is 0 Å². The molecule has 0 fully saturated rings. The Balaban J connectivity index is 2.41. The van der Waals surface area contributed by atoms with E-state index in [1.54, 1.807) is 0 Å². The molecule has 0 aliphatic heterocycles. The van der Waals surface area contributed by atoms with Crippen LogP contribution in [0.4, 0.5) is 5.69 Å². The van der Waals surface area contributed by atoms with Gasteiger partial charge in [-0.25, -0.2) is 0 Å². The molecule has 0 aliphatic carbocycles. The van der Waals surface area contributed by atoms with E-state index in [2.05, 4.69) is 6.92 Å². The minimum absolute atomic E-state index is 0.0537. The third-order valence-electron chi connectivity index (χ3n) is 2.99. The molecule has 0 spiro atoms. The van der Waals surface area contributed by atoms with E-state index in [4.69, 9.17) is 5.73 Å². The average Bonchev–Trinajstić information content (AvgIpc) is 2.73. The van der Waals surface area contributed by atoms with Crippen LogP contribution in [-0.4, -0.2) is 23.9 Å². The number of thiophene rings is 1. The largest absolute Gasteiger partial charge is 0.397 e. The van der Waals surface area contributed by atoms with Crippen molar-refractivity contribution in [1.29, 1.82) is 0 Å². The number of anilines is 1. The van der Waals surface area contributed by atoms with Gasteiger partial charge in [-0.3, -0.25) is 4.79 Å². The van der Waals surface area contributed by atoms with Gasteiger partial charge in [-0.2, -0.15) is 0 Å². The summed E-state index contributed by atoms with van der Waals surface area (Å²) in [5.41, 5.74) is 6.71. The molecule has 4 heteroatoms.